The number of hydrogen-bond donors (Lipinski definition) is 1. The Kier molecular flexibility index (Phi) is 2.21. The number of rotatable bonds is 0. The van der Waals surface area contributed by atoms with Gasteiger partial charge in [-0.1, -0.05) is 28.1 Å². The zero-order chi connectivity index (χ0) is 13.0. The molecule has 2 aromatic heterocycles. The molecule has 3 heteroatoms. The van der Waals surface area contributed by atoms with Crippen LogP contribution < -0.4 is 4.57 Å². The number of pyridine rings is 1. The molecule has 4 rings (SSSR count). The molecule has 0 aliphatic rings. The van der Waals surface area contributed by atoms with Crippen molar-refractivity contribution in [2.75, 3.05) is 0 Å². The van der Waals surface area contributed by atoms with Crippen LogP contribution in [0.25, 0.3) is 32.8 Å². The SMILES string of the molecule is C[n+]1c2cc(Br)ccc2cc2[nH]c3ccccc3c21. The number of nitrogens with zero attached hydrogens (tertiary/aromatic N) is 1. The molecule has 0 saturated carbocycles. The number of benzene rings is 2. The lowest BCUT2D eigenvalue weighted by Gasteiger charge is -1.99. The van der Waals surface area contributed by atoms with Gasteiger partial charge in [-0.25, -0.2) is 0 Å². The van der Waals surface area contributed by atoms with Gasteiger partial charge in [-0.2, -0.15) is 4.57 Å². The molecular weight excluding hydrogens is 300 g/mol. The molecule has 2 heterocycles. The Labute approximate surface area is 118 Å². The van der Waals surface area contributed by atoms with E-state index in [0.717, 1.165) is 4.47 Å². The number of aromatic nitrogens is 2. The zero-order valence-electron chi connectivity index (χ0n) is 10.4. The Morgan fingerprint density at radius 3 is 2.74 bits per heavy atom. The smallest absolute Gasteiger partial charge is 0.238 e. The highest BCUT2D eigenvalue weighted by Gasteiger charge is 2.16. The van der Waals surface area contributed by atoms with Gasteiger partial charge in [0.2, 0.25) is 11.0 Å². The van der Waals surface area contributed by atoms with Gasteiger partial charge in [-0.3, -0.25) is 0 Å². The van der Waals surface area contributed by atoms with Crippen molar-refractivity contribution in [1.29, 1.82) is 0 Å². The third kappa shape index (κ3) is 1.51. The highest BCUT2D eigenvalue weighted by Crippen LogP contribution is 2.26. The van der Waals surface area contributed by atoms with E-state index in [-0.39, 0.29) is 0 Å². The summed E-state index contributed by atoms with van der Waals surface area (Å²) in [5.74, 6) is 0. The standard InChI is InChI=1S/C16H11BrN2/c1-19-15-9-11(17)7-6-10(15)8-14-16(19)12-4-2-3-5-13(12)18-14/h2-9H,1H3/p+1. The second-order valence-corrected chi connectivity index (χ2v) is 5.76. The molecule has 0 aliphatic carbocycles. The Hall–Kier alpha value is -1.87. The van der Waals surface area contributed by atoms with E-state index in [0.29, 0.717) is 0 Å². The average molecular weight is 312 g/mol. The van der Waals surface area contributed by atoms with Crippen LogP contribution >= 0.6 is 15.9 Å². The fourth-order valence-corrected chi connectivity index (χ4v) is 3.17. The molecule has 1 N–H and O–H groups in total. The second kappa shape index (κ2) is 3.81. The molecule has 0 aliphatic heterocycles. The van der Waals surface area contributed by atoms with Crippen molar-refractivity contribution in [2.45, 2.75) is 0 Å². The van der Waals surface area contributed by atoms with Gasteiger partial charge in [0, 0.05) is 15.9 Å². The van der Waals surface area contributed by atoms with Crippen LogP contribution in [0.3, 0.4) is 0 Å². The predicted molar refractivity (Wildman–Crippen MR) is 82.2 cm³/mol. The normalized spacial score (nSPS) is 11.7. The second-order valence-electron chi connectivity index (χ2n) is 4.84. The summed E-state index contributed by atoms with van der Waals surface area (Å²) in [4.78, 5) is 3.49. The van der Waals surface area contributed by atoms with E-state index >= 15 is 0 Å². The minimum atomic E-state index is 1.11. The van der Waals surface area contributed by atoms with Gasteiger partial charge >= 0.3 is 0 Å². The first kappa shape index (κ1) is 11.0. The molecule has 2 nitrogen and oxygen atoms in total. The maximum Gasteiger partial charge on any atom is 0.238 e. The maximum atomic E-state index is 3.55. The summed E-state index contributed by atoms with van der Waals surface area (Å²) in [5.41, 5.74) is 4.84. The molecule has 92 valence electrons. The van der Waals surface area contributed by atoms with Crippen molar-refractivity contribution in [1.82, 2.24) is 4.98 Å². The quantitative estimate of drug-likeness (QED) is 0.472. The molecule has 0 bridgehead atoms. The van der Waals surface area contributed by atoms with Gasteiger partial charge in [0.05, 0.1) is 10.9 Å². The first-order valence-electron chi connectivity index (χ1n) is 6.23. The van der Waals surface area contributed by atoms with Crippen molar-refractivity contribution in [3.8, 4) is 0 Å². The van der Waals surface area contributed by atoms with Crippen LogP contribution in [0.4, 0.5) is 0 Å². The molecule has 0 atom stereocenters. The summed E-state index contributed by atoms with van der Waals surface area (Å²) in [6.07, 6.45) is 0. The van der Waals surface area contributed by atoms with Crippen molar-refractivity contribution >= 4 is 48.8 Å². The predicted octanol–water partition coefficient (Wildman–Crippen LogP) is 4.06. The highest BCUT2D eigenvalue weighted by molar-refractivity contribution is 9.10. The lowest BCUT2D eigenvalue weighted by molar-refractivity contribution is -0.616. The van der Waals surface area contributed by atoms with Crippen molar-refractivity contribution in [2.24, 2.45) is 7.05 Å². The van der Waals surface area contributed by atoms with Gasteiger partial charge in [0.25, 0.3) is 0 Å². The molecule has 0 unspecified atom stereocenters. The minimum absolute atomic E-state index is 1.11. The van der Waals surface area contributed by atoms with E-state index in [2.05, 4.69) is 81.1 Å². The molecule has 0 saturated heterocycles. The van der Waals surface area contributed by atoms with Crippen LogP contribution in [0.1, 0.15) is 0 Å². The van der Waals surface area contributed by atoms with E-state index in [1.807, 2.05) is 0 Å². The third-order valence-corrected chi connectivity index (χ3v) is 4.19. The molecule has 0 spiro atoms. The van der Waals surface area contributed by atoms with E-state index in [1.54, 1.807) is 0 Å². The van der Waals surface area contributed by atoms with Crippen LogP contribution in [-0.2, 0) is 7.05 Å². The number of para-hydroxylation sites is 1. The van der Waals surface area contributed by atoms with Crippen molar-refractivity contribution in [3.63, 3.8) is 0 Å². The van der Waals surface area contributed by atoms with Crippen molar-refractivity contribution < 1.29 is 4.57 Å². The summed E-state index contributed by atoms with van der Waals surface area (Å²) < 4.78 is 3.36. The lowest BCUT2D eigenvalue weighted by Crippen LogP contribution is -2.29. The molecule has 0 radical (unpaired) electrons. The molecular formula is C16H12BrN2+. The third-order valence-electron chi connectivity index (χ3n) is 3.70. The van der Waals surface area contributed by atoms with E-state index in [1.165, 1.54) is 32.8 Å². The fraction of sp³-hybridized carbons (Fsp3) is 0.0625. The van der Waals surface area contributed by atoms with E-state index < -0.39 is 0 Å². The first-order valence-corrected chi connectivity index (χ1v) is 7.02. The number of hydrogen-bond acceptors (Lipinski definition) is 0. The van der Waals surface area contributed by atoms with Crippen LogP contribution in [-0.4, -0.2) is 4.98 Å². The number of H-pyrrole nitrogens is 1. The Bertz CT molecular complexity index is 938. The van der Waals surface area contributed by atoms with Crippen LogP contribution in [0, 0.1) is 0 Å². The Balaban J connectivity index is 2.31. The molecule has 4 aromatic rings. The molecule has 19 heavy (non-hydrogen) atoms. The number of fused-ring (bicyclic) bond motifs is 4. The van der Waals surface area contributed by atoms with Gasteiger partial charge in [0.15, 0.2) is 0 Å². The minimum Gasteiger partial charge on any atom is -0.349 e. The van der Waals surface area contributed by atoms with Gasteiger partial charge < -0.3 is 4.98 Å². The Morgan fingerprint density at radius 1 is 1.00 bits per heavy atom. The molecule has 2 aromatic carbocycles. The van der Waals surface area contributed by atoms with Crippen LogP contribution in [0.15, 0.2) is 53.0 Å². The number of aryl methyl sites for hydroxylation is 1. The van der Waals surface area contributed by atoms with E-state index in [4.69, 9.17) is 0 Å². The molecule has 0 fully saturated rings. The topological polar surface area (TPSA) is 19.7 Å². The summed E-state index contributed by atoms with van der Waals surface area (Å²) in [6, 6.07) is 17.0. The number of aromatic amines is 1. The monoisotopic (exact) mass is 311 g/mol. The summed E-state index contributed by atoms with van der Waals surface area (Å²) in [6.45, 7) is 0. The maximum absolute atomic E-state index is 3.55. The number of halogens is 1. The average Bonchev–Trinajstić information content (AvgIpc) is 2.78. The summed E-state index contributed by atoms with van der Waals surface area (Å²) in [5, 5.41) is 2.51. The van der Waals surface area contributed by atoms with Gasteiger partial charge in [-0.15, -0.1) is 0 Å². The largest absolute Gasteiger partial charge is 0.349 e. The van der Waals surface area contributed by atoms with Crippen molar-refractivity contribution in [3.05, 3.63) is 53.0 Å². The van der Waals surface area contributed by atoms with Crippen LogP contribution in [0.2, 0.25) is 0 Å². The highest BCUT2D eigenvalue weighted by atomic mass is 79.9. The fourth-order valence-electron chi connectivity index (χ4n) is 2.82. The van der Waals surface area contributed by atoms with Crippen LogP contribution in [0.5, 0.6) is 0 Å². The summed E-state index contributed by atoms with van der Waals surface area (Å²) in [7, 11) is 2.12. The zero-order valence-corrected chi connectivity index (χ0v) is 12.0. The van der Waals surface area contributed by atoms with Gasteiger partial charge in [-0.05, 0) is 30.3 Å². The molecule has 0 amide bonds. The van der Waals surface area contributed by atoms with E-state index in [9.17, 15) is 0 Å². The Morgan fingerprint density at radius 2 is 1.84 bits per heavy atom. The van der Waals surface area contributed by atoms with Gasteiger partial charge in [0.1, 0.15) is 12.6 Å². The lowest BCUT2D eigenvalue weighted by atomic mass is 10.1. The first-order chi connectivity index (χ1) is 9.24. The number of nitrogens with one attached hydrogen (secondary N) is 1. The summed E-state index contributed by atoms with van der Waals surface area (Å²) >= 11 is 3.55.